The van der Waals surface area contributed by atoms with Gasteiger partial charge in [0.1, 0.15) is 12.4 Å². The lowest BCUT2D eigenvalue weighted by molar-refractivity contribution is -0.115. The largest absolute Gasteiger partial charge is 0.405 e. The number of alkyl halides is 3. The van der Waals surface area contributed by atoms with Crippen LogP contribution >= 0.6 is 0 Å². The van der Waals surface area contributed by atoms with Gasteiger partial charge in [0.2, 0.25) is 5.95 Å². The van der Waals surface area contributed by atoms with Gasteiger partial charge in [-0.25, -0.2) is 9.78 Å². The molecule has 2 aromatic heterocycles. The Hall–Kier alpha value is -3.37. The number of fused-ring (bicyclic) bond motifs is 2. The first-order chi connectivity index (χ1) is 12.8. The number of carbonyl (C=O) groups is 1. The minimum Gasteiger partial charge on any atom is -0.345 e. The van der Waals surface area contributed by atoms with E-state index in [0.717, 1.165) is 10.9 Å². The van der Waals surface area contributed by atoms with Gasteiger partial charge in [0.15, 0.2) is 0 Å². The normalized spacial score (nSPS) is 14.2. The second-order valence-corrected chi connectivity index (χ2v) is 6.10. The number of nitrogens with zero attached hydrogens (tertiary/aromatic N) is 5. The first-order valence-electron chi connectivity index (χ1n) is 7.97. The summed E-state index contributed by atoms with van der Waals surface area (Å²) in [5, 5.41) is 9.86. The van der Waals surface area contributed by atoms with Crippen molar-refractivity contribution >= 4 is 34.4 Å². The third-order valence-electron chi connectivity index (χ3n) is 4.02. The molecule has 0 spiro atoms. The third kappa shape index (κ3) is 3.48. The van der Waals surface area contributed by atoms with E-state index in [-0.39, 0.29) is 18.3 Å². The Morgan fingerprint density at radius 2 is 2.15 bits per heavy atom. The van der Waals surface area contributed by atoms with Crippen molar-refractivity contribution in [3.63, 3.8) is 0 Å². The van der Waals surface area contributed by atoms with Crippen LogP contribution in [0.5, 0.6) is 0 Å². The van der Waals surface area contributed by atoms with Crippen LogP contribution in [-0.2, 0) is 13.6 Å². The Kier molecular flexibility index (Phi) is 3.86. The molecule has 1 aliphatic rings. The van der Waals surface area contributed by atoms with Gasteiger partial charge >= 0.3 is 12.2 Å². The van der Waals surface area contributed by atoms with Crippen LogP contribution in [-0.4, -0.2) is 38.5 Å². The fourth-order valence-electron chi connectivity index (χ4n) is 2.82. The minimum atomic E-state index is -4.38. The predicted octanol–water partition coefficient (Wildman–Crippen LogP) is 2.89. The number of anilines is 3. The number of benzene rings is 1. The molecule has 8 nitrogen and oxygen atoms in total. The Balaban J connectivity index is 1.58. The first kappa shape index (κ1) is 17.1. The summed E-state index contributed by atoms with van der Waals surface area (Å²) in [6.07, 6.45) is -1.14. The van der Waals surface area contributed by atoms with Crippen molar-refractivity contribution in [1.29, 1.82) is 0 Å². The maximum Gasteiger partial charge on any atom is 0.405 e. The summed E-state index contributed by atoms with van der Waals surface area (Å²) >= 11 is 0. The molecule has 0 radical (unpaired) electrons. The molecule has 3 heterocycles. The number of hydrogen-bond donors (Lipinski definition) is 2. The second kappa shape index (κ2) is 6.11. The standard InChI is InChI=1S/C16H14F3N7O/c1-25-6-9-4-11(2-3-12(9)24-25)26-7-10-5-20-14(21-8-16(17,18)19)22-13(10)23-15(26)27/h2-6H,7-8H2,1H3,(H2,20,21,22,23,27). The van der Waals surface area contributed by atoms with Gasteiger partial charge in [0.05, 0.1) is 12.1 Å². The Bertz CT molecular complexity index is 1030. The highest BCUT2D eigenvalue weighted by Crippen LogP contribution is 2.28. The highest BCUT2D eigenvalue weighted by Gasteiger charge is 2.29. The topological polar surface area (TPSA) is 88.0 Å². The van der Waals surface area contributed by atoms with Crippen LogP contribution in [0.3, 0.4) is 0 Å². The van der Waals surface area contributed by atoms with Gasteiger partial charge in [0, 0.05) is 36.1 Å². The van der Waals surface area contributed by atoms with Crippen LogP contribution < -0.4 is 15.5 Å². The van der Waals surface area contributed by atoms with E-state index in [1.165, 1.54) is 11.1 Å². The van der Waals surface area contributed by atoms with Crippen LogP contribution in [0.1, 0.15) is 5.56 Å². The van der Waals surface area contributed by atoms with Crippen molar-refractivity contribution in [2.24, 2.45) is 7.05 Å². The van der Waals surface area contributed by atoms with Gasteiger partial charge < -0.3 is 5.32 Å². The quantitative estimate of drug-likeness (QED) is 0.733. The molecule has 0 saturated carbocycles. The molecule has 0 atom stereocenters. The molecule has 27 heavy (non-hydrogen) atoms. The first-order valence-corrected chi connectivity index (χ1v) is 7.97. The van der Waals surface area contributed by atoms with E-state index in [1.807, 2.05) is 25.4 Å². The second-order valence-electron chi connectivity index (χ2n) is 6.10. The summed E-state index contributed by atoms with van der Waals surface area (Å²) in [6.45, 7) is -1.05. The summed E-state index contributed by atoms with van der Waals surface area (Å²) in [5.41, 5.74) is 2.07. The van der Waals surface area contributed by atoms with Crippen LogP contribution in [0.4, 0.5) is 35.4 Å². The number of aryl methyl sites for hydroxylation is 1. The molecule has 4 rings (SSSR count). The maximum absolute atomic E-state index is 12.5. The lowest BCUT2D eigenvalue weighted by Gasteiger charge is -2.28. The van der Waals surface area contributed by atoms with E-state index in [1.54, 1.807) is 10.7 Å². The van der Waals surface area contributed by atoms with Crippen LogP contribution in [0.15, 0.2) is 30.6 Å². The molecule has 0 fully saturated rings. The van der Waals surface area contributed by atoms with Gasteiger partial charge in [-0.1, -0.05) is 0 Å². The average molecular weight is 377 g/mol. The molecule has 0 unspecified atom stereocenters. The van der Waals surface area contributed by atoms with E-state index >= 15 is 0 Å². The van der Waals surface area contributed by atoms with Crippen molar-refractivity contribution < 1.29 is 18.0 Å². The smallest absolute Gasteiger partial charge is 0.345 e. The number of rotatable bonds is 3. The zero-order valence-electron chi connectivity index (χ0n) is 14.1. The molecule has 11 heteroatoms. The molecule has 140 valence electrons. The number of nitrogens with one attached hydrogen (secondary N) is 2. The third-order valence-corrected chi connectivity index (χ3v) is 4.02. The molecule has 0 bridgehead atoms. The molecule has 0 saturated heterocycles. The van der Waals surface area contributed by atoms with Crippen molar-refractivity contribution in [2.45, 2.75) is 12.7 Å². The van der Waals surface area contributed by atoms with Gasteiger partial charge in [0.25, 0.3) is 0 Å². The molecule has 1 aliphatic heterocycles. The summed E-state index contributed by atoms with van der Waals surface area (Å²) in [4.78, 5) is 21.8. The van der Waals surface area contributed by atoms with Gasteiger partial charge in [-0.05, 0) is 18.2 Å². The van der Waals surface area contributed by atoms with Gasteiger partial charge in [-0.15, -0.1) is 0 Å². The van der Waals surface area contributed by atoms with E-state index in [4.69, 9.17) is 0 Å². The fraction of sp³-hybridized carbons (Fsp3) is 0.250. The van der Waals surface area contributed by atoms with Crippen LogP contribution in [0, 0.1) is 0 Å². The molecular formula is C16H14F3N7O. The molecule has 0 aliphatic carbocycles. The Labute approximate surface area is 151 Å². The highest BCUT2D eigenvalue weighted by atomic mass is 19.4. The Morgan fingerprint density at radius 1 is 1.33 bits per heavy atom. The summed E-state index contributed by atoms with van der Waals surface area (Å²) in [6, 6.07) is 5.01. The highest BCUT2D eigenvalue weighted by molar-refractivity contribution is 6.04. The van der Waals surface area contributed by atoms with Gasteiger partial charge in [-0.3, -0.25) is 14.9 Å². The van der Waals surface area contributed by atoms with Gasteiger partial charge in [-0.2, -0.15) is 23.3 Å². The zero-order valence-corrected chi connectivity index (χ0v) is 14.1. The summed E-state index contributed by atoms with van der Waals surface area (Å²) in [7, 11) is 1.81. The number of halogens is 3. The van der Waals surface area contributed by atoms with E-state index in [0.29, 0.717) is 11.3 Å². The SMILES string of the molecule is Cn1cc2cc(N3Cc4cnc(NCC(F)(F)F)nc4NC3=O)ccc2n1. The number of carbonyl (C=O) groups excluding carboxylic acids is 1. The molecule has 2 N–H and O–H groups in total. The lowest BCUT2D eigenvalue weighted by Crippen LogP contribution is -2.39. The molecule has 3 aromatic rings. The van der Waals surface area contributed by atoms with E-state index < -0.39 is 18.8 Å². The number of amides is 2. The van der Waals surface area contributed by atoms with Crippen molar-refractivity contribution in [3.05, 3.63) is 36.2 Å². The van der Waals surface area contributed by atoms with Crippen LogP contribution in [0.25, 0.3) is 10.9 Å². The number of aromatic nitrogens is 4. The fourth-order valence-corrected chi connectivity index (χ4v) is 2.82. The Morgan fingerprint density at radius 3 is 2.93 bits per heavy atom. The number of urea groups is 1. The monoisotopic (exact) mass is 377 g/mol. The van der Waals surface area contributed by atoms with Crippen molar-refractivity contribution in [1.82, 2.24) is 19.7 Å². The molecule has 2 amide bonds. The zero-order chi connectivity index (χ0) is 19.2. The summed E-state index contributed by atoms with van der Waals surface area (Å²) < 4.78 is 38.6. The number of hydrogen-bond acceptors (Lipinski definition) is 5. The minimum absolute atomic E-state index is 0.193. The average Bonchev–Trinajstić information content (AvgIpc) is 2.97. The van der Waals surface area contributed by atoms with E-state index in [2.05, 4.69) is 25.7 Å². The van der Waals surface area contributed by atoms with E-state index in [9.17, 15) is 18.0 Å². The lowest BCUT2D eigenvalue weighted by atomic mass is 10.2. The maximum atomic E-state index is 12.5. The summed E-state index contributed by atoms with van der Waals surface area (Å²) in [5.74, 6) is -0.00464. The van der Waals surface area contributed by atoms with Crippen LogP contribution in [0.2, 0.25) is 0 Å². The molecular weight excluding hydrogens is 363 g/mol. The van der Waals surface area contributed by atoms with Crippen molar-refractivity contribution in [2.75, 3.05) is 22.1 Å². The molecule has 1 aromatic carbocycles. The predicted molar refractivity (Wildman–Crippen MR) is 92.5 cm³/mol. The van der Waals surface area contributed by atoms with Crippen molar-refractivity contribution in [3.8, 4) is 0 Å².